The van der Waals surface area contributed by atoms with Crippen molar-refractivity contribution in [2.75, 3.05) is 0 Å². The standard InChI is InChI=1S/C32H50O4/c1-19-25-21-10-11-24-29(6)18-22(34)26(36-20(2)33)27(3,4)23(29)12-13-31(24,8)30(21,7)16-14-28(25,5)15-17-32(19,9)35/h10-11,19,22-23,25-26,34-35H,12-18H2,1-9H3/t19-,22-,23?,25?,26+,28+,29+,30-,31-,32+/m1/s1. The van der Waals surface area contributed by atoms with E-state index < -0.39 is 17.8 Å². The zero-order chi connectivity index (χ0) is 26.7. The normalized spacial score (nSPS) is 53.6. The highest BCUT2D eigenvalue weighted by atomic mass is 16.6. The predicted molar refractivity (Wildman–Crippen MR) is 143 cm³/mol. The lowest BCUT2D eigenvalue weighted by Gasteiger charge is -2.69. The molecular weight excluding hydrogens is 448 g/mol. The Labute approximate surface area is 219 Å². The van der Waals surface area contributed by atoms with Crippen LogP contribution < -0.4 is 0 Å². The van der Waals surface area contributed by atoms with Crippen molar-refractivity contribution in [2.24, 2.45) is 44.8 Å². The fourth-order valence-corrected chi connectivity index (χ4v) is 10.6. The molecule has 4 nitrogen and oxygen atoms in total. The molecule has 5 aliphatic rings. The molecule has 2 unspecified atom stereocenters. The molecule has 4 fully saturated rings. The lowest BCUT2D eigenvalue weighted by molar-refractivity contribution is -0.200. The van der Waals surface area contributed by atoms with Crippen LogP contribution in [-0.4, -0.2) is 34.0 Å². The van der Waals surface area contributed by atoms with Crippen LogP contribution in [0.4, 0.5) is 0 Å². The van der Waals surface area contributed by atoms with Gasteiger partial charge in [-0.15, -0.1) is 0 Å². The SMILES string of the molecule is CC(=O)O[C@H]1[C@H](O)C[C@]2(C)C3=CC=C4C5[C@@H](C)[C@@](C)(O)CC[C@]5(C)CC[C@@]4(C)[C@]3(C)CCC2C1(C)C. The van der Waals surface area contributed by atoms with Crippen LogP contribution in [0.15, 0.2) is 23.3 Å². The molecule has 0 bridgehead atoms. The molecule has 2 N–H and O–H groups in total. The summed E-state index contributed by atoms with van der Waals surface area (Å²) in [5.74, 6) is 0.643. The average Bonchev–Trinajstić information content (AvgIpc) is 2.75. The van der Waals surface area contributed by atoms with Gasteiger partial charge in [0, 0.05) is 12.3 Å². The van der Waals surface area contributed by atoms with Gasteiger partial charge in [0.1, 0.15) is 6.10 Å². The van der Waals surface area contributed by atoms with Crippen molar-refractivity contribution in [1.82, 2.24) is 0 Å². The van der Waals surface area contributed by atoms with E-state index in [1.807, 2.05) is 6.92 Å². The van der Waals surface area contributed by atoms with E-state index in [4.69, 9.17) is 4.74 Å². The molecule has 0 amide bonds. The van der Waals surface area contributed by atoms with Gasteiger partial charge in [0.15, 0.2) is 0 Å². The first-order valence-corrected chi connectivity index (χ1v) is 14.5. The maximum absolute atomic E-state index is 11.9. The lowest BCUT2D eigenvalue weighted by atomic mass is 9.35. The van der Waals surface area contributed by atoms with Crippen molar-refractivity contribution in [1.29, 1.82) is 0 Å². The van der Waals surface area contributed by atoms with E-state index in [1.165, 1.54) is 25.3 Å². The third-order valence-corrected chi connectivity index (χ3v) is 13.1. The van der Waals surface area contributed by atoms with Gasteiger partial charge < -0.3 is 14.9 Å². The van der Waals surface area contributed by atoms with Crippen LogP contribution in [0, 0.1) is 44.8 Å². The van der Waals surface area contributed by atoms with Gasteiger partial charge in [0.05, 0.1) is 11.7 Å². The van der Waals surface area contributed by atoms with Gasteiger partial charge in [-0.05, 0) is 91.3 Å². The van der Waals surface area contributed by atoms with Gasteiger partial charge in [-0.2, -0.15) is 0 Å². The number of hydrogen-bond acceptors (Lipinski definition) is 4. The molecule has 0 spiro atoms. The molecule has 0 aromatic carbocycles. The number of allylic oxidation sites excluding steroid dienone is 4. The summed E-state index contributed by atoms with van der Waals surface area (Å²) in [4.78, 5) is 11.9. The Morgan fingerprint density at radius 2 is 1.58 bits per heavy atom. The second kappa shape index (κ2) is 7.72. The largest absolute Gasteiger partial charge is 0.459 e. The number of rotatable bonds is 1. The Morgan fingerprint density at radius 3 is 2.22 bits per heavy atom. The fourth-order valence-electron chi connectivity index (χ4n) is 10.6. The van der Waals surface area contributed by atoms with Gasteiger partial charge in [0.25, 0.3) is 0 Å². The Morgan fingerprint density at radius 1 is 0.944 bits per heavy atom. The lowest BCUT2D eigenvalue weighted by Crippen LogP contribution is -2.64. The average molecular weight is 499 g/mol. The monoisotopic (exact) mass is 498 g/mol. The number of carbonyl (C=O) groups is 1. The quantitative estimate of drug-likeness (QED) is 0.400. The molecule has 5 rings (SSSR count). The number of aliphatic hydroxyl groups is 2. The molecule has 4 heteroatoms. The molecule has 0 aromatic heterocycles. The molecule has 10 atom stereocenters. The molecule has 0 aromatic rings. The Hall–Kier alpha value is -1.13. The molecular formula is C32H50O4. The third kappa shape index (κ3) is 3.22. The predicted octanol–water partition coefficient (Wildman–Crippen LogP) is 6.60. The minimum atomic E-state index is -0.672. The summed E-state index contributed by atoms with van der Waals surface area (Å²) < 4.78 is 5.74. The molecule has 0 saturated heterocycles. The first kappa shape index (κ1) is 26.5. The number of hydrogen-bond donors (Lipinski definition) is 2. The number of ether oxygens (including phenoxy) is 1. The molecule has 0 aliphatic heterocycles. The van der Waals surface area contributed by atoms with Crippen LogP contribution in [0.3, 0.4) is 0 Å². The second-order valence-corrected chi connectivity index (χ2v) is 15.3. The summed E-state index contributed by atoms with van der Waals surface area (Å²) in [6, 6.07) is 0. The Kier molecular flexibility index (Phi) is 5.67. The zero-order valence-electron chi connectivity index (χ0n) is 24.2. The summed E-state index contributed by atoms with van der Waals surface area (Å²) >= 11 is 0. The number of fused-ring (bicyclic) bond motifs is 7. The molecule has 0 radical (unpaired) electrons. The van der Waals surface area contributed by atoms with Crippen molar-refractivity contribution < 1.29 is 19.7 Å². The number of carbonyl (C=O) groups excluding carboxylic acids is 1. The van der Waals surface area contributed by atoms with E-state index in [1.54, 1.807) is 5.57 Å². The molecule has 0 heterocycles. The summed E-state index contributed by atoms with van der Waals surface area (Å²) in [7, 11) is 0. The molecule has 36 heavy (non-hydrogen) atoms. The first-order valence-electron chi connectivity index (χ1n) is 14.5. The van der Waals surface area contributed by atoms with Crippen LogP contribution in [0.1, 0.15) is 107 Å². The van der Waals surface area contributed by atoms with Crippen LogP contribution in [0.5, 0.6) is 0 Å². The number of aliphatic hydroxyl groups excluding tert-OH is 1. The fraction of sp³-hybridized carbons (Fsp3) is 0.844. The topological polar surface area (TPSA) is 66.8 Å². The third-order valence-electron chi connectivity index (χ3n) is 13.1. The van der Waals surface area contributed by atoms with E-state index in [0.717, 1.165) is 25.7 Å². The van der Waals surface area contributed by atoms with Crippen molar-refractivity contribution in [3.63, 3.8) is 0 Å². The minimum absolute atomic E-state index is 0.0107. The van der Waals surface area contributed by atoms with Crippen LogP contribution in [-0.2, 0) is 9.53 Å². The van der Waals surface area contributed by atoms with Crippen molar-refractivity contribution in [3.05, 3.63) is 23.3 Å². The van der Waals surface area contributed by atoms with E-state index in [0.29, 0.717) is 18.3 Å². The van der Waals surface area contributed by atoms with Crippen molar-refractivity contribution >= 4 is 5.97 Å². The highest BCUT2D eigenvalue weighted by Gasteiger charge is 2.68. The van der Waals surface area contributed by atoms with Gasteiger partial charge in [-0.25, -0.2) is 0 Å². The highest BCUT2D eigenvalue weighted by molar-refractivity contribution is 5.66. The van der Waals surface area contributed by atoms with E-state index >= 15 is 0 Å². The molecule has 202 valence electrons. The van der Waals surface area contributed by atoms with Crippen LogP contribution >= 0.6 is 0 Å². The number of esters is 1. The zero-order valence-corrected chi connectivity index (χ0v) is 24.2. The first-order chi connectivity index (χ1) is 16.4. The Bertz CT molecular complexity index is 1020. The van der Waals surface area contributed by atoms with Crippen LogP contribution in [0.25, 0.3) is 0 Å². The summed E-state index contributed by atoms with van der Waals surface area (Å²) in [5.41, 5.74) is 2.26. The second-order valence-electron chi connectivity index (χ2n) is 15.3. The highest BCUT2D eigenvalue weighted by Crippen LogP contribution is 2.74. The molecule has 4 saturated carbocycles. The minimum Gasteiger partial charge on any atom is -0.459 e. The van der Waals surface area contributed by atoms with E-state index in [2.05, 4.69) is 60.6 Å². The summed E-state index contributed by atoms with van der Waals surface area (Å²) in [5, 5.41) is 22.7. The van der Waals surface area contributed by atoms with E-state index in [-0.39, 0.29) is 39.0 Å². The summed E-state index contributed by atoms with van der Waals surface area (Å²) in [6.45, 7) is 20.0. The van der Waals surface area contributed by atoms with Gasteiger partial charge in [0.2, 0.25) is 0 Å². The van der Waals surface area contributed by atoms with Crippen molar-refractivity contribution in [2.45, 2.75) is 125 Å². The maximum Gasteiger partial charge on any atom is 0.303 e. The Balaban J connectivity index is 1.62. The maximum atomic E-state index is 11.9. The smallest absolute Gasteiger partial charge is 0.303 e. The van der Waals surface area contributed by atoms with Gasteiger partial charge in [-0.1, -0.05) is 71.8 Å². The van der Waals surface area contributed by atoms with Gasteiger partial charge in [-0.3, -0.25) is 4.79 Å². The van der Waals surface area contributed by atoms with Crippen LogP contribution in [0.2, 0.25) is 0 Å². The summed E-state index contributed by atoms with van der Waals surface area (Å²) in [6.07, 6.45) is 10.9. The van der Waals surface area contributed by atoms with Crippen molar-refractivity contribution in [3.8, 4) is 0 Å². The van der Waals surface area contributed by atoms with Gasteiger partial charge >= 0.3 is 5.97 Å². The van der Waals surface area contributed by atoms with E-state index in [9.17, 15) is 15.0 Å². The molecule has 5 aliphatic carbocycles.